The van der Waals surface area contributed by atoms with E-state index in [4.69, 9.17) is 0 Å². The molecule has 0 aliphatic rings. The van der Waals surface area contributed by atoms with Crippen LogP contribution in [0, 0.1) is 0 Å². The molecule has 9 heavy (non-hydrogen) atoms. The van der Waals surface area contributed by atoms with Crippen molar-refractivity contribution in [3.05, 3.63) is 12.2 Å². The molecule has 1 amide bonds. The van der Waals surface area contributed by atoms with Crippen LogP contribution in [-0.2, 0) is 4.79 Å². The fourth-order valence-corrected chi connectivity index (χ4v) is 0.467. The molecule has 0 aromatic carbocycles. The highest BCUT2D eigenvalue weighted by molar-refractivity contribution is 5.92. The van der Waals surface area contributed by atoms with Crippen LogP contribution in [0.1, 0.15) is 13.3 Å². The van der Waals surface area contributed by atoms with E-state index in [-0.39, 0.29) is 5.91 Å². The van der Waals surface area contributed by atoms with E-state index in [9.17, 15) is 4.79 Å². The van der Waals surface area contributed by atoms with Crippen molar-refractivity contribution >= 4 is 5.91 Å². The molecule has 2 heteroatoms. The Bertz CT molecular complexity index is 127. The third-order valence-electron chi connectivity index (χ3n) is 1.14. The van der Waals surface area contributed by atoms with Gasteiger partial charge in [0.2, 0.25) is 5.91 Å². The Hall–Kier alpha value is -0.790. The fourth-order valence-electron chi connectivity index (χ4n) is 0.467. The average Bonchev–Trinajstić information content (AvgIpc) is 1.84. The minimum atomic E-state index is 0.0255. The van der Waals surface area contributed by atoms with E-state index in [2.05, 4.69) is 6.58 Å². The number of nitrogens with zero attached hydrogens (tertiary/aromatic N) is 1. The van der Waals surface area contributed by atoms with E-state index in [0.29, 0.717) is 5.57 Å². The van der Waals surface area contributed by atoms with Crippen molar-refractivity contribution < 1.29 is 4.79 Å². The number of amides is 1. The highest BCUT2D eigenvalue weighted by atomic mass is 16.2. The van der Waals surface area contributed by atoms with Crippen molar-refractivity contribution in [1.82, 2.24) is 4.90 Å². The van der Waals surface area contributed by atoms with Gasteiger partial charge in [-0.15, -0.1) is 0 Å². The number of carbonyl (C=O) groups excluding carboxylic acids is 1. The van der Waals surface area contributed by atoms with Gasteiger partial charge in [-0.3, -0.25) is 4.79 Å². The Kier molecular flexibility index (Phi) is 2.99. The van der Waals surface area contributed by atoms with Crippen molar-refractivity contribution in [2.75, 3.05) is 14.1 Å². The molecule has 0 aliphatic carbocycles. The lowest BCUT2D eigenvalue weighted by Gasteiger charge is -2.09. The van der Waals surface area contributed by atoms with Crippen LogP contribution in [0.5, 0.6) is 0 Å². The summed E-state index contributed by atoms with van der Waals surface area (Å²) in [4.78, 5) is 12.4. The second-order valence-corrected chi connectivity index (χ2v) is 2.16. The van der Waals surface area contributed by atoms with Crippen LogP contribution in [0.2, 0.25) is 0 Å². The van der Waals surface area contributed by atoms with Crippen LogP contribution in [0.25, 0.3) is 0 Å². The number of hydrogen-bond donors (Lipinski definition) is 0. The van der Waals surface area contributed by atoms with Gasteiger partial charge in [0.05, 0.1) is 0 Å². The fraction of sp³-hybridized carbons (Fsp3) is 0.571. The number of hydrogen-bond acceptors (Lipinski definition) is 1. The third-order valence-corrected chi connectivity index (χ3v) is 1.14. The predicted molar refractivity (Wildman–Crippen MR) is 38.1 cm³/mol. The molecular formula is C7H13NO. The summed E-state index contributed by atoms with van der Waals surface area (Å²) < 4.78 is 0. The molecule has 2 nitrogen and oxygen atoms in total. The summed E-state index contributed by atoms with van der Waals surface area (Å²) in [5, 5.41) is 0. The second kappa shape index (κ2) is 3.28. The first kappa shape index (κ1) is 8.21. The summed E-state index contributed by atoms with van der Waals surface area (Å²) in [6.07, 6.45) is 0.733. The van der Waals surface area contributed by atoms with Crippen molar-refractivity contribution in [3.63, 3.8) is 0 Å². The standard InChI is InChI=1S/C7H13NO/c1-5-6(2)7(9)8(3)4/h2,5H2,1,3-4H3. The van der Waals surface area contributed by atoms with E-state index >= 15 is 0 Å². The lowest BCUT2D eigenvalue weighted by Crippen LogP contribution is -2.22. The molecule has 0 fully saturated rings. The Balaban J connectivity index is 3.89. The first-order valence-corrected chi connectivity index (χ1v) is 2.99. The van der Waals surface area contributed by atoms with E-state index in [0.717, 1.165) is 6.42 Å². The van der Waals surface area contributed by atoms with Crippen LogP contribution in [0.3, 0.4) is 0 Å². The van der Waals surface area contributed by atoms with Gasteiger partial charge in [0.15, 0.2) is 0 Å². The molecule has 0 aromatic rings. The highest BCUT2D eigenvalue weighted by Gasteiger charge is 2.04. The molecule has 0 saturated heterocycles. The molecule has 0 aliphatic heterocycles. The van der Waals surface area contributed by atoms with Gasteiger partial charge in [0.1, 0.15) is 0 Å². The van der Waals surface area contributed by atoms with Crippen LogP contribution in [0.15, 0.2) is 12.2 Å². The summed E-state index contributed by atoms with van der Waals surface area (Å²) in [5.41, 5.74) is 0.667. The summed E-state index contributed by atoms with van der Waals surface area (Å²) in [7, 11) is 3.45. The lowest BCUT2D eigenvalue weighted by atomic mass is 10.2. The summed E-state index contributed by atoms with van der Waals surface area (Å²) in [6.45, 7) is 5.52. The zero-order valence-corrected chi connectivity index (χ0v) is 6.27. The maximum absolute atomic E-state index is 10.9. The van der Waals surface area contributed by atoms with Gasteiger partial charge >= 0.3 is 0 Å². The summed E-state index contributed by atoms with van der Waals surface area (Å²) in [6, 6.07) is 0. The van der Waals surface area contributed by atoms with E-state index in [1.807, 2.05) is 6.92 Å². The molecule has 0 N–H and O–H groups in total. The van der Waals surface area contributed by atoms with Crippen LogP contribution < -0.4 is 0 Å². The molecular weight excluding hydrogens is 114 g/mol. The van der Waals surface area contributed by atoms with Crippen molar-refractivity contribution in [1.29, 1.82) is 0 Å². The smallest absolute Gasteiger partial charge is 0.248 e. The predicted octanol–water partition coefficient (Wildman–Crippen LogP) is 1.04. The molecule has 0 heterocycles. The van der Waals surface area contributed by atoms with Crippen molar-refractivity contribution in [2.45, 2.75) is 13.3 Å². The second-order valence-electron chi connectivity index (χ2n) is 2.16. The maximum atomic E-state index is 10.9. The first-order valence-electron chi connectivity index (χ1n) is 2.99. The number of likely N-dealkylation sites (N-methyl/N-ethyl adjacent to an activating group) is 1. The average molecular weight is 127 g/mol. The Morgan fingerprint density at radius 3 is 2.11 bits per heavy atom. The highest BCUT2D eigenvalue weighted by Crippen LogP contribution is 1.98. The quantitative estimate of drug-likeness (QED) is 0.507. The van der Waals surface area contributed by atoms with E-state index < -0.39 is 0 Å². The Morgan fingerprint density at radius 2 is 2.00 bits per heavy atom. The van der Waals surface area contributed by atoms with Gasteiger partial charge in [-0.1, -0.05) is 13.5 Å². The molecule has 0 saturated carbocycles. The molecule has 52 valence electrons. The molecule has 0 radical (unpaired) electrons. The normalized spacial score (nSPS) is 8.78. The molecule has 0 unspecified atom stereocenters. The zero-order chi connectivity index (χ0) is 7.44. The zero-order valence-electron chi connectivity index (χ0n) is 6.27. The summed E-state index contributed by atoms with van der Waals surface area (Å²) >= 11 is 0. The Labute approximate surface area is 56.2 Å². The SMILES string of the molecule is C=C(CC)C(=O)N(C)C. The largest absolute Gasteiger partial charge is 0.345 e. The van der Waals surface area contributed by atoms with Gasteiger partial charge in [-0.25, -0.2) is 0 Å². The molecule has 0 atom stereocenters. The number of carbonyl (C=O) groups is 1. The van der Waals surface area contributed by atoms with E-state index in [1.165, 1.54) is 4.90 Å². The molecule has 0 bridgehead atoms. The van der Waals surface area contributed by atoms with Gasteiger partial charge < -0.3 is 4.90 Å². The van der Waals surface area contributed by atoms with Gasteiger partial charge in [0, 0.05) is 19.7 Å². The first-order chi connectivity index (χ1) is 4.09. The van der Waals surface area contributed by atoms with Gasteiger partial charge in [0.25, 0.3) is 0 Å². The molecule has 0 spiro atoms. The van der Waals surface area contributed by atoms with Crippen molar-refractivity contribution in [2.24, 2.45) is 0 Å². The van der Waals surface area contributed by atoms with Crippen LogP contribution in [0.4, 0.5) is 0 Å². The third kappa shape index (κ3) is 2.31. The topological polar surface area (TPSA) is 20.3 Å². The molecule has 0 rings (SSSR count). The minimum Gasteiger partial charge on any atom is -0.345 e. The van der Waals surface area contributed by atoms with Gasteiger partial charge in [-0.05, 0) is 6.42 Å². The Morgan fingerprint density at radius 1 is 1.56 bits per heavy atom. The van der Waals surface area contributed by atoms with Crippen LogP contribution in [-0.4, -0.2) is 24.9 Å². The van der Waals surface area contributed by atoms with Crippen LogP contribution >= 0.6 is 0 Å². The number of rotatable bonds is 2. The minimum absolute atomic E-state index is 0.0255. The van der Waals surface area contributed by atoms with E-state index in [1.54, 1.807) is 14.1 Å². The monoisotopic (exact) mass is 127 g/mol. The molecule has 0 aromatic heterocycles. The van der Waals surface area contributed by atoms with Crippen molar-refractivity contribution in [3.8, 4) is 0 Å². The lowest BCUT2D eigenvalue weighted by molar-refractivity contribution is -0.124. The maximum Gasteiger partial charge on any atom is 0.248 e. The summed E-state index contributed by atoms with van der Waals surface area (Å²) in [5.74, 6) is 0.0255. The van der Waals surface area contributed by atoms with Gasteiger partial charge in [-0.2, -0.15) is 0 Å².